The van der Waals surface area contributed by atoms with Crippen LogP contribution in [0.15, 0.2) is 30.6 Å². The lowest BCUT2D eigenvalue weighted by molar-refractivity contribution is 0.286. The van der Waals surface area contributed by atoms with E-state index in [0.717, 1.165) is 31.1 Å². The quantitative estimate of drug-likeness (QED) is 0.811. The van der Waals surface area contributed by atoms with Gasteiger partial charge in [-0.15, -0.1) is 0 Å². The molecule has 5 nitrogen and oxygen atoms in total. The lowest BCUT2D eigenvalue weighted by Gasteiger charge is -2.13. The number of nitrogens with one attached hydrogen (secondary N) is 1. The number of nitrogens with zero attached hydrogens (tertiary/aromatic N) is 3. The Balaban J connectivity index is 1.93. The van der Waals surface area contributed by atoms with Gasteiger partial charge in [-0.2, -0.15) is 5.10 Å². The number of aryl methyl sites for hydroxylation is 1. The molecule has 0 spiro atoms. The summed E-state index contributed by atoms with van der Waals surface area (Å²) >= 11 is 0. The Morgan fingerprint density at radius 1 is 1.24 bits per heavy atom. The van der Waals surface area contributed by atoms with E-state index < -0.39 is 0 Å². The molecule has 1 N–H and O–H groups in total. The molecule has 1 atom stereocenters. The van der Waals surface area contributed by atoms with Crippen LogP contribution in [0.5, 0.6) is 5.75 Å². The molecule has 0 aliphatic rings. The van der Waals surface area contributed by atoms with Crippen LogP contribution in [0.3, 0.4) is 0 Å². The summed E-state index contributed by atoms with van der Waals surface area (Å²) in [6, 6.07) is 8.56. The monoisotopic (exact) mass is 288 g/mol. The van der Waals surface area contributed by atoms with Gasteiger partial charge in [0.25, 0.3) is 0 Å². The van der Waals surface area contributed by atoms with E-state index in [9.17, 15) is 0 Å². The third-order valence-corrected chi connectivity index (χ3v) is 3.39. The molecule has 0 amide bonds. The second kappa shape index (κ2) is 7.78. The lowest BCUT2D eigenvalue weighted by atomic mass is 10.1. The molecule has 114 valence electrons. The van der Waals surface area contributed by atoms with Crippen molar-refractivity contribution in [3.8, 4) is 5.75 Å². The highest BCUT2D eigenvalue weighted by molar-refractivity contribution is 5.29. The van der Waals surface area contributed by atoms with Gasteiger partial charge in [-0.05, 0) is 37.6 Å². The molecule has 2 aromatic rings. The fourth-order valence-corrected chi connectivity index (χ4v) is 2.22. The van der Waals surface area contributed by atoms with Gasteiger partial charge in [0.1, 0.15) is 18.7 Å². The Labute approximate surface area is 126 Å². The van der Waals surface area contributed by atoms with Crippen LogP contribution >= 0.6 is 0 Å². The maximum Gasteiger partial charge on any atom is 0.164 e. The van der Waals surface area contributed by atoms with E-state index in [1.54, 1.807) is 6.33 Å². The van der Waals surface area contributed by atoms with E-state index in [4.69, 9.17) is 4.74 Å². The first-order valence-electron chi connectivity index (χ1n) is 7.57. The van der Waals surface area contributed by atoms with Crippen LogP contribution in [0.2, 0.25) is 0 Å². The Bertz CT molecular complexity index is 535. The normalized spacial score (nSPS) is 12.3. The maximum atomic E-state index is 5.79. The molecule has 5 heteroatoms. The first-order chi connectivity index (χ1) is 10.2. The zero-order chi connectivity index (χ0) is 15.1. The van der Waals surface area contributed by atoms with Crippen molar-refractivity contribution in [2.75, 3.05) is 6.54 Å². The predicted molar refractivity (Wildman–Crippen MR) is 83.2 cm³/mol. The van der Waals surface area contributed by atoms with Gasteiger partial charge < -0.3 is 10.1 Å². The minimum absolute atomic E-state index is 0.358. The Morgan fingerprint density at radius 3 is 2.67 bits per heavy atom. The van der Waals surface area contributed by atoms with Gasteiger partial charge in [-0.25, -0.2) is 9.67 Å². The molecule has 0 fully saturated rings. The van der Waals surface area contributed by atoms with Crippen LogP contribution in [0.1, 0.15) is 44.6 Å². The SMILES string of the molecule is CCCn1ncnc1COc1ccc(C(C)NCC)cc1. The van der Waals surface area contributed by atoms with Gasteiger partial charge in [0.15, 0.2) is 5.82 Å². The van der Waals surface area contributed by atoms with Crippen molar-refractivity contribution in [3.05, 3.63) is 42.0 Å². The molecule has 2 rings (SSSR count). The minimum Gasteiger partial charge on any atom is -0.486 e. The molecule has 1 aromatic carbocycles. The van der Waals surface area contributed by atoms with Crippen LogP contribution in [0.4, 0.5) is 0 Å². The van der Waals surface area contributed by atoms with Crippen molar-refractivity contribution < 1.29 is 4.74 Å². The van der Waals surface area contributed by atoms with Crippen LogP contribution in [-0.4, -0.2) is 21.3 Å². The second-order valence-corrected chi connectivity index (χ2v) is 5.04. The van der Waals surface area contributed by atoms with Gasteiger partial charge in [-0.3, -0.25) is 0 Å². The Kier molecular flexibility index (Phi) is 5.75. The first-order valence-corrected chi connectivity index (χ1v) is 7.57. The van der Waals surface area contributed by atoms with Crippen molar-refractivity contribution in [1.82, 2.24) is 20.1 Å². The number of ether oxygens (including phenoxy) is 1. The Morgan fingerprint density at radius 2 is 2.00 bits per heavy atom. The zero-order valence-electron chi connectivity index (χ0n) is 13.0. The van der Waals surface area contributed by atoms with Crippen LogP contribution in [0.25, 0.3) is 0 Å². The van der Waals surface area contributed by atoms with Gasteiger partial charge in [0.2, 0.25) is 0 Å². The molecular formula is C16H24N4O. The van der Waals surface area contributed by atoms with E-state index in [0.29, 0.717) is 12.6 Å². The lowest BCUT2D eigenvalue weighted by Crippen LogP contribution is -2.17. The second-order valence-electron chi connectivity index (χ2n) is 5.04. The summed E-state index contributed by atoms with van der Waals surface area (Å²) in [6.07, 6.45) is 2.61. The van der Waals surface area contributed by atoms with Crippen molar-refractivity contribution in [2.45, 2.75) is 46.4 Å². The summed E-state index contributed by atoms with van der Waals surface area (Å²) in [5.41, 5.74) is 1.26. The average Bonchev–Trinajstić information content (AvgIpc) is 2.94. The van der Waals surface area contributed by atoms with Crippen molar-refractivity contribution in [1.29, 1.82) is 0 Å². The number of rotatable bonds is 8. The Hall–Kier alpha value is -1.88. The maximum absolute atomic E-state index is 5.79. The van der Waals surface area contributed by atoms with Crippen LogP contribution in [-0.2, 0) is 13.2 Å². The molecule has 0 saturated carbocycles. The largest absolute Gasteiger partial charge is 0.486 e. The van der Waals surface area contributed by atoms with Crippen molar-refractivity contribution >= 4 is 0 Å². The van der Waals surface area contributed by atoms with Crippen molar-refractivity contribution in [2.24, 2.45) is 0 Å². The zero-order valence-corrected chi connectivity index (χ0v) is 13.0. The molecule has 1 aromatic heterocycles. The summed E-state index contributed by atoms with van der Waals surface area (Å²) in [7, 11) is 0. The molecule has 1 heterocycles. The van der Waals surface area contributed by atoms with E-state index in [-0.39, 0.29) is 0 Å². The van der Waals surface area contributed by atoms with Crippen LogP contribution in [0, 0.1) is 0 Å². The molecule has 0 aliphatic heterocycles. The highest BCUT2D eigenvalue weighted by Crippen LogP contribution is 2.18. The van der Waals surface area contributed by atoms with Crippen molar-refractivity contribution in [3.63, 3.8) is 0 Å². The van der Waals surface area contributed by atoms with Gasteiger partial charge in [-0.1, -0.05) is 26.0 Å². The van der Waals surface area contributed by atoms with E-state index in [2.05, 4.69) is 48.3 Å². The van der Waals surface area contributed by atoms with Crippen LogP contribution < -0.4 is 10.1 Å². The van der Waals surface area contributed by atoms with Gasteiger partial charge in [0, 0.05) is 12.6 Å². The fourth-order valence-electron chi connectivity index (χ4n) is 2.22. The summed E-state index contributed by atoms with van der Waals surface area (Å²) in [5, 5.41) is 7.59. The summed E-state index contributed by atoms with van der Waals surface area (Å²) in [4.78, 5) is 4.24. The molecule has 0 saturated heterocycles. The predicted octanol–water partition coefficient (Wildman–Crippen LogP) is 2.94. The number of aromatic nitrogens is 3. The van der Waals surface area contributed by atoms with Gasteiger partial charge >= 0.3 is 0 Å². The van der Waals surface area contributed by atoms with E-state index >= 15 is 0 Å². The van der Waals surface area contributed by atoms with E-state index in [1.165, 1.54) is 5.56 Å². The molecule has 0 aliphatic carbocycles. The first kappa shape index (κ1) is 15.5. The molecule has 1 unspecified atom stereocenters. The fraction of sp³-hybridized carbons (Fsp3) is 0.500. The average molecular weight is 288 g/mol. The molecule has 21 heavy (non-hydrogen) atoms. The third-order valence-electron chi connectivity index (χ3n) is 3.39. The highest BCUT2D eigenvalue weighted by Gasteiger charge is 2.06. The smallest absolute Gasteiger partial charge is 0.164 e. The number of hydrogen-bond donors (Lipinski definition) is 1. The number of benzene rings is 1. The topological polar surface area (TPSA) is 52.0 Å². The standard InChI is InChI=1S/C16H24N4O/c1-4-10-20-16(18-12-19-20)11-21-15-8-6-14(7-9-15)13(3)17-5-2/h6-9,12-13,17H,4-5,10-11H2,1-3H3. The number of hydrogen-bond acceptors (Lipinski definition) is 4. The summed E-state index contributed by atoms with van der Waals surface area (Å²) in [5.74, 6) is 1.72. The van der Waals surface area contributed by atoms with E-state index in [1.807, 2.05) is 16.8 Å². The molecule has 0 bridgehead atoms. The molecule has 0 radical (unpaired) electrons. The van der Waals surface area contributed by atoms with Gasteiger partial charge in [0.05, 0.1) is 0 Å². The minimum atomic E-state index is 0.358. The summed E-state index contributed by atoms with van der Waals surface area (Å²) in [6.45, 7) is 8.68. The highest BCUT2D eigenvalue weighted by atomic mass is 16.5. The third kappa shape index (κ3) is 4.29. The summed E-state index contributed by atoms with van der Waals surface area (Å²) < 4.78 is 7.68. The molecular weight excluding hydrogens is 264 g/mol.